The number of benzene rings is 1. The standard InChI is InChI=1S/C15H17NO5/c1-10(2)12-5-3-11(4-6-12)9-20-15(19)21-16-13(17)7-8-14(16)18/h3-6,10H,7-9H2,1-2H3. The van der Waals surface area contributed by atoms with E-state index in [1.807, 2.05) is 24.3 Å². The molecule has 0 bridgehead atoms. The summed E-state index contributed by atoms with van der Waals surface area (Å²) in [6, 6.07) is 7.63. The van der Waals surface area contributed by atoms with Crippen LogP contribution in [0.15, 0.2) is 24.3 Å². The van der Waals surface area contributed by atoms with Crippen LogP contribution in [0.4, 0.5) is 4.79 Å². The predicted octanol–water partition coefficient (Wildman–Crippen LogP) is 2.53. The van der Waals surface area contributed by atoms with E-state index in [0.29, 0.717) is 11.0 Å². The van der Waals surface area contributed by atoms with Crippen LogP contribution in [0.2, 0.25) is 0 Å². The Morgan fingerprint density at radius 1 is 1.14 bits per heavy atom. The molecule has 6 heteroatoms. The SMILES string of the molecule is CC(C)c1ccc(COC(=O)ON2C(=O)CCC2=O)cc1. The third-order valence-electron chi connectivity index (χ3n) is 3.17. The maximum Gasteiger partial charge on any atom is 0.534 e. The highest BCUT2D eigenvalue weighted by Crippen LogP contribution is 2.16. The average molecular weight is 291 g/mol. The Balaban J connectivity index is 1.83. The minimum Gasteiger partial charge on any atom is -0.428 e. The van der Waals surface area contributed by atoms with Crippen molar-refractivity contribution in [2.75, 3.05) is 0 Å². The van der Waals surface area contributed by atoms with Gasteiger partial charge in [-0.05, 0) is 17.0 Å². The molecule has 0 aliphatic carbocycles. The summed E-state index contributed by atoms with van der Waals surface area (Å²) in [5.74, 6) is -0.631. The molecule has 1 aliphatic rings. The first-order chi connectivity index (χ1) is 9.97. The van der Waals surface area contributed by atoms with Crippen LogP contribution in [0, 0.1) is 0 Å². The Kier molecular flexibility index (Phi) is 4.57. The molecule has 1 saturated heterocycles. The minimum atomic E-state index is -1.06. The fourth-order valence-corrected chi connectivity index (χ4v) is 1.90. The number of nitrogens with zero attached hydrogens (tertiary/aromatic N) is 1. The molecule has 1 aromatic carbocycles. The molecule has 2 rings (SSSR count). The largest absolute Gasteiger partial charge is 0.534 e. The zero-order valence-corrected chi connectivity index (χ0v) is 12.0. The van der Waals surface area contributed by atoms with Gasteiger partial charge in [0.05, 0.1) is 0 Å². The minimum absolute atomic E-state index is 0.0213. The molecule has 112 valence electrons. The molecule has 1 heterocycles. The van der Waals surface area contributed by atoms with Crippen molar-refractivity contribution in [1.82, 2.24) is 5.06 Å². The van der Waals surface area contributed by atoms with Crippen molar-refractivity contribution in [1.29, 1.82) is 0 Å². The Morgan fingerprint density at radius 3 is 2.24 bits per heavy atom. The molecule has 0 atom stereocenters. The number of hydrogen-bond donors (Lipinski definition) is 0. The predicted molar refractivity (Wildman–Crippen MR) is 72.9 cm³/mol. The average Bonchev–Trinajstić information content (AvgIpc) is 2.77. The fourth-order valence-electron chi connectivity index (χ4n) is 1.90. The van der Waals surface area contributed by atoms with Crippen molar-refractivity contribution in [2.45, 2.75) is 39.2 Å². The number of hydrogen-bond acceptors (Lipinski definition) is 5. The number of rotatable bonds is 4. The normalized spacial score (nSPS) is 14.7. The molecule has 0 aromatic heterocycles. The highest BCUT2D eigenvalue weighted by Gasteiger charge is 2.33. The first-order valence-electron chi connectivity index (χ1n) is 6.76. The zero-order chi connectivity index (χ0) is 15.4. The van der Waals surface area contributed by atoms with E-state index in [2.05, 4.69) is 18.7 Å². The number of carbonyl (C=O) groups excluding carboxylic acids is 3. The fraction of sp³-hybridized carbons (Fsp3) is 0.400. The molecule has 0 unspecified atom stereocenters. The van der Waals surface area contributed by atoms with E-state index in [9.17, 15) is 14.4 Å². The number of hydroxylamine groups is 2. The summed E-state index contributed by atoms with van der Waals surface area (Å²) in [5.41, 5.74) is 1.99. The van der Waals surface area contributed by atoms with Gasteiger partial charge in [-0.2, -0.15) is 0 Å². The molecule has 2 amide bonds. The summed E-state index contributed by atoms with van der Waals surface area (Å²) in [6.07, 6.45) is -0.947. The lowest BCUT2D eigenvalue weighted by atomic mass is 10.0. The molecule has 0 saturated carbocycles. The number of carbonyl (C=O) groups is 3. The third-order valence-corrected chi connectivity index (χ3v) is 3.17. The molecule has 1 fully saturated rings. The van der Waals surface area contributed by atoms with E-state index in [1.54, 1.807) is 0 Å². The van der Waals surface area contributed by atoms with E-state index in [1.165, 1.54) is 5.56 Å². The maximum atomic E-state index is 11.4. The summed E-state index contributed by atoms with van der Waals surface area (Å²) in [5, 5.41) is 0.462. The topological polar surface area (TPSA) is 72.9 Å². The Morgan fingerprint density at radius 2 is 1.71 bits per heavy atom. The molecule has 0 spiro atoms. The first kappa shape index (κ1) is 15.0. The first-order valence-corrected chi connectivity index (χ1v) is 6.76. The van der Waals surface area contributed by atoms with Crippen LogP contribution in [-0.2, 0) is 25.8 Å². The van der Waals surface area contributed by atoms with Gasteiger partial charge in [0.25, 0.3) is 11.8 Å². The summed E-state index contributed by atoms with van der Waals surface area (Å²) in [7, 11) is 0. The lowest BCUT2D eigenvalue weighted by Gasteiger charge is -2.12. The van der Waals surface area contributed by atoms with Gasteiger partial charge in [-0.3, -0.25) is 14.4 Å². The molecule has 1 aromatic rings. The van der Waals surface area contributed by atoms with Crippen molar-refractivity contribution >= 4 is 18.0 Å². The van der Waals surface area contributed by atoms with Gasteiger partial charge in [-0.1, -0.05) is 43.2 Å². The van der Waals surface area contributed by atoms with Gasteiger partial charge in [0, 0.05) is 12.8 Å². The van der Waals surface area contributed by atoms with Crippen LogP contribution in [0.25, 0.3) is 0 Å². The summed E-state index contributed by atoms with van der Waals surface area (Å²) < 4.78 is 4.88. The number of amides is 2. The quantitative estimate of drug-likeness (QED) is 0.629. The van der Waals surface area contributed by atoms with Crippen LogP contribution >= 0.6 is 0 Å². The Hall–Kier alpha value is -2.37. The Labute approximate surface area is 122 Å². The highest BCUT2D eigenvalue weighted by atomic mass is 16.8. The van der Waals surface area contributed by atoms with Gasteiger partial charge < -0.3 is 4.74 Å². The van der Waals surface area contributed by atoms with Crippen LogP contribution < -0.4 is 0 Å². The van der Waals surface area contributed by atoms with Gasteiger partial charge in [0.2, 0.25) is 0 Å². The van der Waals surface area contributed by atoms with Gasteiger partial charge in [0.1, 0.15) is 6.61 Å². The van der Waals surface area contributed by atoms with Gasteiger partial charge >= 0.3 is 6.16 Å². The second kappa shape index (κ2) is 6.39. The number of imide groups is 1. The summed E-state index contributed by atoms with van der Waals surface area (Å²) in [4.78, 5) is 38.6. The van der Waals surface area contributed by atoms with Crippen LogP contribution in [0.5, 0.6) is 0 Å². The van der Waals surface area contributed by atoms with E-state index in [-0.39, 0.29) is 19.4 Å². The van der Waals surface area contributed by atoms with Gasteiger partial charge in [0.15, 0.2) is 0 Å². The molecular formula is C15H17NO5. The molecule has 1 aliphatic heterocycles. The van der Waals surface area contributed by atoms with Crippen LogP contribution in [0.1, 0.15) is 43.7 Å². The van der Waals surface area contributed by atoms with Gasteiger partial charge in [-0.15, -0.1) is 0 Å². The summed E-state index contributed by atoms with van der Waals surface area (Å²) >= 11 is 0. The number of ether oxygens (including phenoxy) is 1. The third kappa shape index (κ3) is 3.81. The molecular weight excluding hydrogens is 274 g/mol. The van der Waals surface area contributed by atoms with Crippen LogP contribution in [0.3, 0.4) is 0 Å². The summed E-state index contributed by atoms with van der Waals surface area (Å²) in [6.45, 7) is 4.20. The van der Waals surface area contributed by atoms with Gasteiger partial charge in [-0.25, -0.2) is 4.79 Å². The van der Waals surface area contributed by atoms with E-state index in [0.717, 1.165) is 5.56 Å². The maximum absolute atomic E-state index is 11.4. The highest BCUT2D eigenvalue weighted by molar-refractivity contribution is 6.01. The molecule has 6 nitrogen and oxygen atoms in total. The van der Waals surface area contributed by atoms with Crippen molar-refractivity contribution in [3.63, 3.8) is 0 Å². The monoisotopic (exact) mass is 291 g/mol. The zero-order valence-electron chi connectivity index (χ0n) is 12.0. The second-order valence-electron chi connectivity index (χ2n) is 5.11. The smallest absolute Gasteiger partial charge is 0.428 e. The van der Waals surface area contributed by atoms with E-state index in [4.69, 9.17) is 4.74 Å². The van der Waals surface area contributed by atoms with Crippen molar-refractivity contribution in [3.05, 3.63) is 35.4 Å². The second-order valence-corrected chi connectivity index (χ2v) is 5.11. The van der Waals surface area contributed by atoms with Crippen molar-refractivity contribution < 1.29 is 24.0 Å². The van der Waals surface area contributed by atoms with Crippen molar-refractivity contribution in [2.24, 2.45) is 0 Å². The van der Waals surface area contributed by atoms with Crippen molar-refractivity contribution in [3.8, 4) is 0 Å². The molecule has 21 heavy (non-hydrogen) atoms. The van der Waals surface area contributed by atoms with E-state index >= 15 is 0 Å². The van der Waals surface area contributed by atoms with E-state index < -0.39 is 18.0 Å². The lowest BCUT2D eigenvalue weighted by molar-refractivity contribution is -0.177. The molecule has 0 radical (unpaired) electrons. The Bertz CT molecular complexity index is 534. The lowest BCUT2D eigenvalue weighted by Crippen LogP contribution is -2.32. The molecule has 0 N–H and O–H groups in total. The van der Waals surface area contributed by atoms with Crippen LogP contribution in [-0.4, -0.2) is 23.0 Å².